The van der Waals surface area contributed by atoms with Crippen molar-refractivity contribution in [1.82, 2.24) is 25.2 Å². The van der Waals surface area contributed by atoms with Gasteiger partial charge in [0, 0.05) is 13.1 Å². The topological polar surface area (TPSA) is 79.7 Å². The van der Waals surface area contributed by atoms with E-state index in [1.54, 1.807) is 17.9 Å². The molecule has 10 heteroatoms. The second-order valence-electron chi connectivity index (χ2n) is 4.56. The molecule has 0 amide bonds. The summed E-state index contributed by atoms with van der Waals surface area (Å²) in [5.41, 5.74) is 6.17. The molecule has 7 nitrogen and oxygen atoms in total. The lowest BCUT2D eigenvalue weighted by Gasteiger charge is -2.12. The van der Waals surface area contributed by atoms with Crippen LogP contribution < -0.4 is 16.2 Å². The number of benzene rings is 1. The molecule has 0 atom stereocenters. The van der Waals surface area contributed by atoms with Crippen molar-refractivity contribution >= 4 is 39.9 Å². The van der Waals surface area contributed by atoms with Crippen LogP contribution in [0.5, 0.6) is 0 Å². The Labute approximate surface area is 134 Å². The number of aromatic nitrogens is 4. The van der Waals surface area contributed by atoms with E-state index in [1.165, 1.54) is 12.4 Å². The van der Waals surface area contributed by atoms with Gasteiger partial charge in [-0.15, -0.1) is 0 Å². The molecule has 23 heavy (non-hydrogen) atoms. The molecular formula is C13H11F2N7S. The standard InChI is InChI=1S/C13H11F2N7S/c1-22-12-8(5-18-22)11(16-6-17-12)20-21-13(23)19-10-3-2-7(14)4-9(10)15/h2-6H,1H3,(H,16,17,20)(H2,19,21,23). The molecule has 0 aliphatic rings. The van der Waals surface area contributed by atoms with Crippen LogP contribution in [0.3, 0.4) is 0 Å². The number of fused-ring (bicyclic) bond motifs is 1. The van der Waals surface area contributed by atoms with Crippen LogP contribution in [0.2, 0.25) is 0 Å². The zero-order chi connectivity index (χ0) is 16.4. The normalized spacial score (nSPS) is 10.6. The van der Waals surface area contributed by atoms with Crippen LogP contribution in [0.15, 0.2) is 30.7 Å². The lowest BCUT2D eigenvalue weighted by Crippen LogP contribution is -2.34. The van der Waals surface area contributed by atoms with Crippen molar-refractivity contribution in [3.8, 4) is 0 Å². The molecule has 118 valence electrons. The first-order chi connectivity index (χ1) is 11.0. The van der Waals surface area contributed by atoms with Crippen LogP contribution in [0.25, 0.3) is 11.0 Å². The highest BCUT2D eigenvalue weighted by molar-refractivity contribution is 7.80. The minimum absolute atomic E-state index is 0.0555. The summed E-state index contributed by atoms with van der Waals surface area (Å²) >= 11 is 5.05. The Hall–Kier alpha value is -2.88. The van der Waals surface area contributed by atoms with Crippen molar-refractivity contribution in [2.75, 3.05) is 10.7 Å². The van der Waals surface area contributed by atoms with Crippen molar-refractivity contribution in [2.24, 2.45) is 7.05 Å². The van der Waals surface area contributed by atoms with Crippen molar-refractivity contribution in [3.63, 3.8) is 0 Å². The van der Waals surface area contributed by atoms with Crippen LogP contribution in [0, 0.1) is 11.6 Å². The van der Waals surface area contributed by atoms with E-state index in [-0.39, 0.29) is 10.8 Å². The average Bonchev–Trinajstić information content (AvgIpc) is 2.90. The maximum atomic E-state index is 13.5. The highest BCUT2D eigenvalue weighted by Crippen LogP contribution is 2.17. The third-order valence-corrected chi connectivity index (χ3v) is 3.21. The highest BCUT2D eigenvalue weighted by Gasteiger charge is 2.09. The highest BCUT2D eigenvalue weighted by atomic mass is 32.1. The monoisotopic (exact) mass is 335 g/mol. The zero-order valence-corrected chi connectivity index (χ0v) is 12.7. The van der Waals surface area contributed by atoms with E-state index in [0.29, 0.717) is 16.9 Å². The molecule has 0 aliphatic carbocycles. The van der Waals surface area contributed by atoms with Gasteiger partial charge in [0.1, 0.15) is 18.0 Å². The molecule has 0 bridgehead atoms. The van der Waals surface area contributed by atoms with E-state index in [0.717, 1.165) is 12.1 Å². The van der Waals surface area contributed by atoms with Gasteiger partial charge in [0.15, 0.2) is 16.6 Å². The Balaban J connectivity index is 1.68. The first kappa shape index (κ1) is 15.0. The van der Waals surface area contributed by atoms with Crippen molar-refractivity contribution in [3.05, 3.63) is 42.4 Å². The maximum Gasteiger partial charge on any atom is 0.189 e. The maximum absolute atomic E-state index is 13.5. The van der Waals surface area contributed by atoms with E-state index in [1.807, 2.05) is 0 Å². The Bertz CT molecular complexity index is 880. The van der Waals surface area contributed by atoms with Gasteiger partial charge in [0.2, 0.25) is 0 Å². The number of nitrogens with one attached hydrogen (secondary N) is 3. The average molecular weight is 335 g/mol. The summed E-state index contributed by atoms with van der Waals surface area (Å²) in [6.45, 7) is 0. The summed E-state index contributed by atoms with van der Waals surface area (Å²) in [7, 11) is 1.76. The van der Waals surface area contributed by atoms with Crippen molar-refractivity contribution in [2.45, 2.75) is 0 Å². The summed E-state index contributed by atoms with van der Waals surface area (Å²) in [5, 5.41) is 7.48. The number of hydrazine groups is 1. The summed E-state index contributed by atoms with van der Waals surface area (Å²) in [5.74, 6) is -0.942. The molecular weight excluding hydrogens is 324 g/mol. The summed E-state index contributed by atoms with van der Waals surface area (Å²) in [4.78, 5) is 8.18. The van der Waals surface area contributed by atoms with E-state index in [9.17, 15) is 8.78 Å². The molecule has 2 aromatic heterocycles. The van der Waals surface area contributed by atoms with Gasteiger partial charge in [-0.1, -0.05) is 0 Å². The predicted molar refractivity (Wildman–Crippen MR) is 85.6 cm³/mol. The van der Waals surface area contributed by atoms with Gasteiger partial charge in [-0.25, -0.2) is 18.7 Å². The van der Waals surface area contributed by atoms with E-state index in [4.69, 9.17) is 12.2 Å². The third-order valence-electron chi connectivity index (χ3n) is 3.00. The molecule has 0 radical (unpaired) electrons. The quantitative estimate of drug-likeness (QED) is 0.499. The number of thiocarbonyl (C=S) groups is 1. The molecule has 3 rings (SSSR count). The largest absolute Gasteiger partial charge is 0.329 e. The Kier molecular flexibility index (Phi) is 3.98. The first-order valence-electron chi connectivity index (χ1n) is 6.45. The van der Waals surface area contributed by atoms with Crippen LogP contribution in [-0.2, 0) is 7.05 Å². The van der Waals surface area contributed by atoms with Crippen molar-refractivity contribution < 1.29 is 8.78 Å². The third kappa shape index (κ3) is 3.16. The van der Waals surface area contributed by atoms with Gasteiger partial charge >= 0.3 is 0 Å². The van der Waals surface area contributed by atoms with Crippen LogP contribution >= 0.6 is 12.2 Å². The minimum atomic E-state index is -0.745. The molecule has 0 unspecified atom stereocenters. The van der Waals surface area contributed by atoms with Gasteiger partial charge < -0.3 is 5.32 Å². The number of hydrogen-bond acceptors (Lipinski definition) is 5. The summed E-state index contributed by atoms with van der Waals surface area (Å²) < 4.78 is 28.0. The lowest BCUT2D eigenvalue weighted by atomic mass is 10.3. The van der Waals surface area contributed by atoms with Crippen molar-refractivity contribution in [1.29, 1.82) is 0 Å². The van der Waals surface area contributed by atoms with E-state index < -0.39 is 11.6 Å². The van der Waals surface area contributed by atoms with Gasteiger partial charge in [-0.3, -0.25) is 15.5 Å². The number of halogens is 2. The number of nitrogens with zero attached hydrogens (tertiary/aromatic N) is 4. The molecule has 0 saturated heterocycles. The molecule has 2 heterocycles. The first-order valence-corrected chi connectivity index (χ1v) is 6.86. The fourth-order valence-electron chi connectivity index (χ4n) is 1.92. The van der Waals surface area contributed by atoms with E-state index >= 15 is 0 Å². The van der Waals surface area contributed by atoms with Gasteiger partial charge in [-0.05, 0) is 24.4 Å². The Morgan fingerprint density at radius 1 is 1.26 bits per heavy atom. The Morgan fingerprint density at radius 2 is 2.09 bits per heavy atom. The number of anilines is 2. The fraction of sp³-hybridized carbons (Fsp3) is 0.0769. The number of aryl methyl sites for hydroxylation is 1. The molecule has 0 spiro atoms. The minimum Gasteiger partial charge on any atom is -0.329 e. The number of rotatable bonds is 3. The predicted octanol–water partition coefficient (Wildman–Crippen LogP) is 1.95. The second-order valence-corrected chi connectivity index (χ2v) is 4.96. The van der Waals surface area contributed by atoms with Gasteiger partial charge in [0.25, 0.3) is 0 Å². The van der Waals surface area contributed by atoms with Crippen LogP contribution in [0.4, 0.5) is 20.3 Å². The SMILES string of the molecule is Cn1ncc2c(NNC(=S)Nc3ccc(F)cc3F)ncnc21. The molecule has 0 saturated carbocycles. The smallest absolute Gasteiger partial charge is 0.189 e. The molecule has 3 N–H and O–H groups in total. The molecule has 3 aromatic rings. The number of hydrogen-bond donors (Lipinski definition) is 3. The van der Waals surface area contributed by atoms with Gasteiger partial charge in [-0.2, -0.15) is 5.10 Å². The van der Waals surface area contributed by atoms with E-state index in [2.05, 4.69) is 31.2 Å². The zero-order valence-electron chi connectivity index (χ0n) is 11.8. The molecule has 0 fully saturated rings. The second kappa shape index (κ2) is 6.08. The van der Waals surface area contributed by atoms with Crippen LogP contribution in [0.1, 0.15) is 0 Å². The molecule has 0 aliphatic heterocycles. The Morgan fingerprint density at radius 3 is 2.87 bits per heavy atom. The van der Waals surface area contributed by atoms with Gasteiger partial charge in [0.05, 0.1) is 17.3 Å². The lowest BCUT2D eigenvalue weighted by molar-refractivity contribution is 0.586. The summed E-state index contributed by atoms with van der Waals surface area (Å²) in [6.07, 6.45) is 2.99. The van der Waals surface area contributed by atoms with Crippen LogP contribution in [-0.4, -0.2) is 24.9 Å². The fourth-order valence-corrected chi connectivity index (χ4v) is 2.08. The summed E-state index contributed by atoms with van der Waals surface area (Å²) in [6, 6.07) is 3.15. The molecule has 1 aromatic carbocycles.